The lowest BCUT2D eigenvalue weighted by Crippen LogP contribution is -2.06. The molecule has 0 aliphatic rings. The van der Waals surface area contributed by atoms with Gasteiger partial charge < -0.3 is 10.1 Å². The van der Waals surface area contributed by atoms with Crippen LogP contribution in [0.3, 0.4) is 0 Å². The standard InChI is InChI=1S/C15H17NO/c1-12(16-14-6-4-3-5-7-14)13-8-10-15(17-2)11-9-13/h3-12,16H,1-2H3. The Morgan fingerprint density at radius 3 is 2.18 bits per heavy atom. The zero-order valence-corrected chi connectivity index (χ0v) is 10.2. The number of anilines is 1. The van der Waals surface area contributed by atoms with Gasteiger partial charge in [-0.15, -0.1) is 0 Å². The molecule has 2 heteroatoms. The van der Waals surface area contributed by atoms with Crippen LogP contribution in [0.4, 0.5) is 5.69 Å². The van der Waals surface area contributed by atoms with Crippen LogP contribution in [0.1, 0.15) is 18.5 Å². The van der Waals surface area contributed by atoms with Crippen molar-refractivity contribution in [2.75, 3.05) is 12.4 Å². The molecule has 17 heavy (non-hydrogen) atoms. The molecule has 0 aliphatic carbocycles. The van der Waals surface area contributed by atoms with Crippen LogP contribution in [0.15, 0.2) is 54.6 Å². The van der Waals surface area contributed by atoms with Crippen molar-refractivity contribution < 1.29 is 4.74 Å². The van der Waals surface area contributed by atoms with Crippen LogP contribution in [0, 0.1) is 0 Å². The van der Waals surface area contributed by atoms with E-state index in [1.54, 1.807) is 7.11 Å². The molecule has 0 radical (unpaired) electrons. The van der Waals surface area contributed by atoms with E-state index in [2.05, 4.69) is 36.5 Å². The summed E-state index contributed by atoms with van der Waals surface area (Å²) in [6.07, 6.45) is 0. The van der Waals surface area contributed by atoms with Crippen molar-refractivity contribution in [1.29, 1.82) is 0 Å². The topological polar surface area (TPSA) is 21.3 Å². The van der Waals surface area contributed by atoms with Crippen molar-refractivity contribution in [3.63, 3.8) is 0 Å². The molecular weight excluding hydrogens is 210 g/mol. The fourth-order valence-electron chi connectivity index (χ4n) is 1.76. The van der Waals surface area contributed by atoms with Gasteiger partial charge in [-0.3, -0.25) is 0 Å². The van der Waals surface area contributed by atoms with Crippen molar-refractivity contribution in [2.24, 2.45) is 0 Å². The third kappa shape index (κ3) is 3.00. The first-order valence-corrected chi connectivity index (χ1v) is 5.75. The van der Waals surface area contributed by atoms with Gasteiger partial charge in [0.1, 0.15) is 5.75 Å². The Morgan fingerprint density at radius 1 is 0.941 bits per heavy atom. The summed E-state index contributed by atoms with van der Waals surface area (Å²) in [7, 11) is 1.68. The highest BCUT2D eigenvalue weighted by Crippen LogP contribution is 2.21. The molecule has 1 unspecified atom stereocenters. The number of hydrogen-bond donors (Lipinski definition) is 1. The minimum absolute atomic E-state index is 0.281. The average Bonchev–Trinajstić information content (AvgIpc) is 2.40. The molecule has 0 fully saturated rings. The summed E-state index contributed by atoms with van der Waals surface area (Å²) < 4.78 is 5.15. The van der Waals surface area contributed by atoms with Crippen molar-refractivity contribution in [2.45, 2.75) is 13.0 Å². The minimum atomic E-state index is 0.281. The Morgan fingerprint density at radius 2 is 1.59 bits per heavy atom. The van der Waals surface area contributed by atoms with Crippen LogP contribution in [0.2, 0.25) is 0 Å². The van der Waals surface area contributed by atoms with Crippen LogP contribution in [-0.2, 0) is 0 Å². The Bertz CT molecular complexity index is 450. The highest BCUT2D eigenvalue weighted by molar-refractivity contribution is 5.45. The second-order valence-corrected chi connectivity index (χ2v) is 4.01. The summed E-state index contributed by atoms with van der Waals surface area (Å²) in [4.78, 5) is 0. The van der Waals surface area contributed by atoms with Gasteiger partial charge in [-0.05, 0) is 36.8 Å². The van der Waals surface area contributed by atoms with Crippen molar-refractivity contribution in [3.05, 3.63) is 60.2 Å². The maximum Gasteiger partial charge on any atom is 0.118 e. The quantitative estimate of drug-likeness (QED) is 0.856. The highest BCUT2D eigenvalue weighted by atomic mass is 16.5. The molecular formula is C15H17NO. The molecule has 0 saturated heterocycles. The van der Waals surface area contributed by atoms with Crippen LogP contribution in [0.25, 0.3) is 0 Å². The van der Waals surface area contributed by atoms with Crippen molar-refractivity contribution >= 4 is 5.69 Å². The third-order valence-corrected chi connectivity index (χ3v) is 2.77. The summed E-state index contributed by atoms with van der Waals surface area (Å²) in [5.74, 6) is 0.890. The molecule has 0 bridgehead atoms. The highest BCUT2D eigenvalue weighted by Gasteiger charge is 2.04. The van der Waals surface area contributed by atoms with Crippen LogP contribution < -0.4 is 10.1 Å². The van der Waals surface area contributed by atoms with Crippen molar-refractivity contribution in [3.8, 4) is 5.75 Å². The number of hydrogen-bond acceptors (Lipinski definition) is 2. The Labute approximate surface area is 102 Å². The first kappa shape index (κ1) is 11.5. The molecule has 0 aliphatic heterocycles. The second kappa shape index (κ2) is 5.39. The lowest BCUT2D eigenvalue weighted by molar-refractivity contribution is 0.414. The van der Waals surface area contributed by atoms with Gasteiger partial charge in [0.15, 0.2) is 0 Å². The number of nitrogens with one attached hydrogen (secondary N) is 1. The summed E-state index contributed by atoms with van der Waals surface area (Å²) >= 11 is 0. The molecule has 0 aromatic heterocycles. The lowest BCUT2D eigenvalue weighted by atomic mass is 10.1. The van der Waals surface area contributed by atoms with Crippen molar-refractivity contribution in [1.82, 2.24) is 0 Å². The van der Waals surface area contributed by atoms with Gasteiger partial charge in [0, 0.05) is 11.7 Å². The summed E-state index contributed by atoms with van der Waals surface area (Å²) in [5.41, 5.74) is 2.38. The van der Waals surface area contributed by atoms with Gasteiger partial charge in [0.25, 0.3) is 0 Å². The van der Waals surface area contributed by atoms with Gasteiger partial charge in [0.05, 0.1) is 7.11 Å². The number of benzene rings is 2. The van der Waals surface area contributed by atoms with E-state index in [1.807, 2.05) is 30.3 Å². The predicted molar refractivity (Wildman–Crippen MR) is 71.5 cm³/mol. The Balaban J connectivity index is 2.06. The molecule has 1 atom stereocenters. The molecule has 2 nitrogen and oxygen atoms in total. The van der Waals surface area contributed by atoms with Gasteiger partial charge in [0.2, 0.25) is 0 Å². The monoisotopic (exact) mass is 227 g/mol. The smallest absolute Gasteiger partial charge is 0.118 e. The number of ether oxygens (including phenoxy) is 1. The summed E-state index contributed by atoms with van der Waals surface area (Å²) in [6, 6.07) is 18.6. The number of methoxy groups -OCH3 is 1. The van der Waals surface area contributed by atoms with E-state index in [-0.39, 0.29) is 6.04 Å². The van der Waals surface area contributed by atoms with E-state index in [4.69, 9.17) is 4.74 Å². The molecule has 0 heterocycles. The maximum atomic E-state index is 5.15. The SMILES string of the molecule is COc1ccc(C(C)Nc2ccccc2)cc1. The largest absolute Gasteiger partial charge is 0.497 e. The molecule has 88 valence electrons. The first-order chi connectivity index (χ1) is 8.29. The zero-order chi connectivity index (χ0) is 12.1. The van der Waals surface area contributed by atoms with Gasteiger partial charge in [-0.25, -0.2) is 0 Å². The summed E-state index contributed by atoms with van der Waals surface area (Å²) in [6.45, 7) is 2.15. The molecule has 2 aromatic carbocycles. The van der Waals surface area contributed by atoms with Gasteiger partial charge in [-0.2, -0.15) is 0 Å². The zero-order valence-electron chi connectivity index (χ0n) is 10.2. The minimum Gasteiger partial charge on any atom is -0.497 e. The van der Waals surface area contributed by atoms with Crippen LogP contribution in [-0.4, -0.2) is 7.11 Å². The maximum absolute atomic E-state index is 5.15. The van der Waals surface area contributed by atoms with E-state index in [1.165, 1.54) is 5.56 Å². The van der Waals surface area contributed by atoms with E-state index in [0.717, 1.165) is 11.4 Å². The average molecular weight is 227 g/mol. The number of rotatable bonds is 4. The van der Waals surface area contributed by atoms with E-state index < -0.39 is 0 Å². The third-order valence-electron chi connectivity index (χ3n) is 2.77. The predicted octanol–water partition coefficient (Wildman–Crippen LogP) is 3.87. The fraction of sp³-hybridized carbons (Fsp3) is 0.200. The Kier molecular flexibility index (Phi) is 3.66. The van der Waals surface area contributed by atoms with E-state index in [9.17, 15) is 0 Å². The fourth-order valence-corrected chi connectivity index (χ4v) is 1.76. The normalized spacial score (nSPS) is 11.9. The molecule has 2 aromatic rings. The molecule has 0 saturated carbocycles. The van der Waals surface area contributed by atoms with Gasteiger partial charge >= 0.3 is 0 Å². The lowest BCUT2D eigenvalue weighted by Gasteiger charge is -2.15. The van der Waals surface area contributed by atoms with E-state index >= 15 is 0 Å². The second-order valence-electron chi connectivity index (χ2n) is 4.01. The molecule has 1 N–H and O–H groups in total. The number of para-hydroxylation sites is 1. The molecule has 0 spiro atoms. The van der Waals surface area contributed by atoms with E-state index in [0.29, 0.717) is 0 Å². The molecule has 0 amide bonds. The first-order valence-electron chi connectivity index (χ1n) is 5.75. The Hall–Kier alpha value is -1.96. The summed E-state index contributed by atoms with van der Waals surface area (Å²) in [5, 5.41) is 3.45. The van der Waals surface area contributed by atoms with Gasteiger partial charge in [-0.1, -0.05) is 30.3 Å². The van der Waals surface area contributed by atoms with Crippen LogP contribution in [0.5, 0.6) is 5.75 Å². The molecule has 2 rings (SSSR count). The van der Waals surface area contributed by atoms with Crippen LogP contribution >= 0.6 is 0 Å².